The van der Waals surface area contributed by atoms with Gasteiger partial charge in [0, 0.05) is 36.1 Å². The van der Waals surface area contributed by atoms with Gasteiger partial charge in [0.05, 0.1) is 0 Å². The van der Waals surface area contributed by atoms with E-state index in [0.717, 1.165) is 30.3 Å². The second-order valence-corrected chi connectivity index (χ2v) is 7.27. The monoisotopic (exact) mass is 328 g/mol. The van der Waals surface area contributed by atoms with E-state index in [0.29, 0.717) is 12.0 Å². The third-order valence-corrected chi connectivity index (χ3v) is 4.63. The van der Waals surface area contributed by atoms with E-state index in [1.807, 2.05) is 17.8 Å². The van der Waals surface area contributed by atoms with E-state index in [4.69, 9.17) is 11.6 Å². The third kappa shape index (κ3) is 6.09. The molecular weight excluding hydrogens is 300 g/mol. The Balaban J connectivity index is 2.89. The van der Waals surface area contributed by atoms with Crippen LogP contribution in [0, 0.1) is 5.92 Å². The Morgan fingerprint density at radius 2 is 2.05 bits per heavy atom. The Labute approximate surface area is 139 Å². The second kappa shape index (κ2) is 9.60. The van der Waals surface area contributed by atoms with Crippen molar-refractivity contribution >= 4 is 29.1 Å². The minimum absolute atomic E-state index is 0.544. The Kier molecular flexibility index (Phi) is 8.53. The van der Waals surface area contributed by atoms with Gasteiger partial charge in [-0.15, -0.1) is 0 Å². The van der Waals surface area contributed by atoms with Crippen LogP contribution >= 0.6 is 23.4 Å². The van der Waals surface area contributed by atoms with E-state index < -0.39 is 0 Å². The highest BCUT2D eigenvalue weighted by Crippen LogP contribution is 2.27. The highest BCUT2D eigenvalue weighted by molar-refractivity contribution is 7.98. The topological polar surface area (TPSA) is 15.3 Å². The van der Waals surface area contributed by atoms with E-state index in [-0.39, 0.29) is 0 Å². The molecule has 0 bridgehead atoms. The van der Waals surface area contributed by atoms with Crippen molar-refractivity contribution in [1.29, 1.82) is 0 Å². The molecule has 0 aliphatic heterocycles. The first-order chi connectivity index (χ1) is 9.99. The van der Waals surface area contributed by atoms with Crippen LogP contribution in [-0.4, -0.2) is 31.6 Å². The lowest BCUT2D eigenvalue weighted by Gasteiger charge is -2.31. The van der Waals surface area contributed by atoms with Gasteiger partial charge in [0.1, 0.15) is 0 Å². The van der Waals surface area contributed by atoms with Gasteiger partial charge in [0.25, 0.3) is 0 Å². The maximum absolute atomic E-state index is 6.22. The van der Waals surface area contributed by atoms with Crippen molar-refractivity contribution in [1.82, 2.24) is 5.32 Å². The number of benzene rings is 1. The van der Waals surface area contributed by atoms with Crippen molar-refractivity contribution in [3.63, 3.8) is 0 Å². The van der Waals surface area contributed by atoms with E-state index in [9.17, 15) is 0 Å². The molecule has 2 nitrogen and oxygen atoms in total. The molecule has 1 unspecified atom stereocenters. The predicted molar refractivity (Wildman–Crippen MR) is 98.9 cm³/mol. The molecular formula is C17H29ClN2S. The standard InChI is InChI=1S/C17H29ClN2S/c1-6-16(12-21-5)20(4)17-9-15(18)8-7-14(17)11-19-10-13(2)3/h7-9,13,16,19H,6,10-12H2,1-5H3. The zero-order valence-corrected chi connectivity index (χ0v) is 15.5. The van der Waals surface area contributed by atoms with E-state index in [2.05, 4.69) is 56.4 Å². The molecule has 1 rings (SSSR count). The van der Waals surface area contributed by atoms with E-state index in [1.54, 1.807) is 0 Å². The summed E-state index contributed by atoms with van der Waals surface area (Å²) in [7, 11) is 2.18. The van der Waals surface area contributed by atoms with Crippen LogP contribution in [0.25, 0.3) is 0 Å². The molecule has 21 heavy (non-hydrogen) atoms. The molecule has 4 heteroatoms. The van der Waals surface area contributed by atoms with Gasteiger partial charge in [-0.2, -0.15) is 11.8 Å². The molecule has 1 aromatic carbocycles. The number of anilines is 1. The molecule has 0 amide bonds. The lowest BCUT2D eigenvalue weighted by Crippen LogP contribution is -2.34. The van der Waals surface area contributed by atoms with Gasteiger partial charge in [-0.3, -0.25) is 0 Å². The third-order valence-electron chi connectivity index (χ3n) is 3.67. The molecule has 0 radical (unpaired) electrons. The lowest BCUT2D eigenvalue weighted by atomic mass is 10.1. The molecule has 1 aromatic rings. The fourth-order valence-electron chi connectivity index (χ4n) is 2.40. The van der Waals surface area contributed by atoms with Crippen molar-refractivity contribution in [3.05, 3.63) is 28.8 Å². The molecule has 1 atom stereocenters. The Hall–Kier alpha value is -0.380. The van der Waals surface area contributed by atoms with Gasteiger partial charge in [-0.05, 0) is 42.8 Å². The molecule has 120 valence electrons. The fourth-order valence-corrected chi connectivity index (χ4v) is 3.41. The van der Waals surface area contributed by atoms with Crippen molar-refractivity contribution in [2.75, 3.05) is 30.5 Å². The van der Waals surface area contributed by atoms with Gasteiger partial charge < -0.3 is 10.2 Å². The van der Waals surface area contributed by atoms with Crippen LogP contribution < -0.4 is 10.2 Å². The van der Waals surface area contributed by atoms with Gasteiger partial charge >= 0.3 is 0 Å². The normalized spacial score (nSPS) is 12.7. The number of nitrogens with one attached hydrogen (secondary N) is 1. The smallest absolute Gasteiger partial charge is 0.0426 e. The average Bonchev–Trinajstić information content (AvgIpc) is 2.45. The maximum atomic E-state index is 6.22. The van der Waals surface area contributed by atoms with Crippen LogP contribution in [-0.2, 0) is 6.54 Å². The van der Waals surface area contributed by atoms with Crippen molar-refractivity contribution in [3.8, 4) is 0 Å². The lowest BCUT2D eigenvalue weighted by molar-refractivity contribution is 0.551. The molecule has 0 saturated heterocycles. The van der Waals surface area contributed by atoms with E-state index >= 15 is 0 Å². The van der Waals surface area contributed by atoms with Gasteiger partial charge in [-0.1, -0.05) is 38.4 Å². The molecule has 0 spiro atoms. The molecule has 0 aliphatic carbocycles. The average molecular weight is 329 g/mol. The second-order valence-electron chi connectivity index (χ2n) is 5.93. The maximum Gasteiger partial charge on any atom is 0.0426 e. The minimum Gasteiger partial charge on any atom is -0.370 e. The number of nitrogens with zero attached hydrogens (tertiary/aromatic N) is 1. The van der Waals surface area contributed by atoms with Crippen LogP contribution in [0.4, 0.5) is 5.69 Å². The first-order valence-electron chi connectivity index (χ1n) is 7.70. The van der Waals surface area contributed by atoms with Crippen molar-refractivity contribution < 1.29 is 0 Å². The Morgan fingerprint density at radius 3 is 2.62 bits per heavy atom. The summed E-state index contributed by atoms with van der Waals surface area (Å²) in [6.07, 6.45) is 3.31. The van der Waals surface area contributed by atoms with Crippen molar-refractivity contribution in [2.24, 2.45) is 5.92 Å². The summed E-state index contributed by atoms with van der Waals surface area (Å²) in [4.78, 5) is 2.38. The van der Waals surface area contributed by atoms with Crippen LogP contribution in [0.2, 0.25) is 5.02 Å². The number of hydrogen-bond donors (Lipinski definition) is 1. The van der Waals surface area contributed by atoms with Gasteiger partial charge in [-0.25, -0.2) is 0 Å². The molecule has 0 aromatic heterocycles. The van der Waals surface area contributed by atoms with Gasteiger partial charge in [0.15, 0.2) is 0 Å². The Morgan fingerprint density at radius 1 is 1.33 bits per heavy atom. The van der Waals surface area contributed by atoms with Crippen LogP contribution in [0.3, 0.4) is 0 Å². The molecule has 0 fully saturated rings. The predicted octanol–water partition coefficient (Wildman–Crippen LogP) is 4.66. The summed E-state index contributed by atoms with van der Waals surface area (Å²) in [5, 5.41) is 4.34. The zero-order chi connectivity index (χ0) is 15.8. The SMILES string of the molecule is CCC(CSC)N(C)c1cc(Cl)ccc1CNCC(C)C. The van der Waals surface area contributed by atoms with Crippen LogP contribution in [0.5, 0.6) is 0 Å². The summed E-state index contributed by atoms with van der Waals surface area (Å²) in [6.45, 7) is 8.64. The van der Waals surface area contributed by atoms with E-state index in [1.165, 1.54) is 11.3 Å². The largest absolute Gasteiger partial charge is 0.370 e. The number of hydrogen-bond acceptors (Lipinski definition) is 3. The zero-order valence-electron chi connectivity index (χ0n) is 13.9. The summed E-state index contributed by atoms with van der Waals surface area (Å²) < 4.78 is 0. The van der Waals surface area contributed by atoms with Gasteiger partial charge in [0.2, 0.25) is 0 Å². The number of thioether (sulfide) groups is 1. The summed E-state index contributed by atoms with van der Waals surface area (Å²) in [5.74, 6) is 1.80. The first kappa shape index (κ1) is 18.7. The molecule has 1 N–H and O–H groups in total. The van der Waals surface area contributed by atoms with Crippen molar-refractivity contribution in [2.45, 2.75) is 39.8 Å². The fraction of sp³-hybridized carbons (Fsp3) is 0.647. The molecule has 0 heterocycles. The highest BCUT2D eigenvalue weighted by atomic mass is 35.5. The van der Waals surface area contributed by atoms with Crippen LogP contribution in [0.1, 0.15) is 32.8 Å². The molecule has 0 aliphatic rings. The highest BCUT2D eigenvalue weighted by Gasteiger charge is 2.16. The summed E-state index contributed by atoms with van der Waals surface area (Å²) >= 11 is 8.12. The van der Waals surface area contributed by atoms with Crippen LogP contribution in [0.15, 0.2) is 18.2 Å². The number of rotatable bonds is 9. The summed E-state index contributed by atoms with van der Waals surface area (Å²) in [6, 6.07) is 6.77. The Bertz CT molecular complexity index is 423. The number of halogens is 1. The summed E-state index contributed by atoms with van der Waals surface area (Å²) in [5.41, 5.74) is 2.57. The quantitative estimate of drug-likeness (QED) is 0.709. The minimum atomic E-state index is 0.544. The first-order valence-corrected chi connectivity index (χ1v) is 9.47. The molecule has 0 saturated carbocycles.